The molecule has 4 atom stereocenters. The molecule has 4 rings (SSSR count). The Balaban J connectivity index is 1.67. The van der Waals surface area contributed by atoms with Crippen molar-refractivity contribution in [1.82, 2.24) is 15.5 Å². The summed E-state index contributed by atoms with van der Waals surface area (Å²) in [6.45, 7) is 5.35. The second-order valence-corrected chi connectivity index (χ2v) is 9.69. The van der Waals surface area contributed by atoms with Crippen LogP contribution < -0.4 is 20.1 Å². The minimum absolute atomic E-state index is 0.0156. The van der Waals surface area contributed by atoms with Crippen LogP contribution in [0.15, 0.2) is 34.8 Å². The van der Waals surface area contributed by atoms with Crippen LogP contribution in [-0.4, -0.2) is 73.7 Å². The van der Waals surface area contributed by atoms with Crippen LogP contribution in [0.5, 0.6) is 11.5 Å². The van der Waals surface area contributed by atoms with E-state index in [1.54, 1.807) is 19.2 Å². The summed E-state index contributed by atoms with van der Waals surface area (Å²) in [5.41, 5.74) is 0.589. The van der Waals surface area contributed by atoms with Gasteiger partial charge in [0.15, 0.2) is 0 Å². The molecule has 3 aliphatic rings. The van der Waals surface area contributed by atoms with Crippen molar-refractivity contribution in [3.8, 4) is 11.5 Å². The second-order valence-electron chi connectivity index (χ2n) is 8.93. The Labute approximate surface area is 224 Å². The Hall–Kier alpha value is -3.37. The first-order valence-electron chi connectivity index (χ1n) is 11.6. The second kappa shape index (κ2) is 10.5. The number of Topliss-reactive ketones (excluding diaryl/α,β-unsaturated/α-hetero) is 1. The molecule has 1 fully saturated rings. The number of fused-ring (bicyclic) bond motifs is 1. The summed E-state index contributed by atoms with van der Waals surface area (Å²) in [7, 11) is 4.54. The van der Waals surface area contributed by atoms with Crippen molar-refractivity contribution in [1.29, 1.82) is 0 Å². The van der Waals surface area contributed by atoms with Gasteiger partial charge in [-0.1, -0.05) is 35.9 Å². The number of methoxy groups -OCH3 is 2. The van der Waals surface area contributed by atoms with E-state index in [9.17, 15) is 14.4 Å². The summed E-state index contributed by atoms with van der Waals surface area (Å²) in [5.74, 6) is 0.339. The van der Waals surface area contributed by atoms with E-state index < -0.39 is 6.04 Å². The lowest BCUT2D eigenvalue weighted by atomic mass is 9.88. The number of hydrogen-bond donors (Lipinski definition) is 2. The number of nitrogens with one attached hydrogen (secondary N) is 2. The molecule has 4 unspecified atom stereocenters. The molecule has 2 aliphatic heterocycles. The SMILES string of the molecule is C=CC(=O)NC1CC(=O)CC1NC1=NC(C)C2C=C(c3c(Cl)c(OC)cc(OC)c3Cl)C(=O)N(C)C2=N1. The molecular formula is C25H27Cl2N5O5. The highest BCUT2D eigenvalue weighted by atomic mass is 35.5. The molecule has 1 aromatic carbocycles. The third kappa shape index (κ3) is 4.95. The fraction of sp³-hybridized carbons (Fsp3) is 0.400. The van der Waals surface area contributed by atoms with Crippen LogP contribution in [0.1, 0.15) is 25.3 Å². The average molecular weight is 548 g/mol. The summed E-state index contributed by atoms with van der Waals surface area (Å²) >= 11 is 13.2. The molecule has 0 saturated heterocycles. The molecular weight excluding hydrogens is 521 g/mol. The van der Waals surface area contributed by atoms with Gasteiger partial charge in [-0.15, -0.1) is 0 Å². The average Bonchev–Trinajstić information content (AvgIpc) is 3.20. The Morgan fingerprint density at radius 1 is 1.16 bits per heavy atom. The Morgan fingerprint density at radius 3 is 2.38 bits per heavy atom. The first-order chi connectivity index (χ1) is 17.6. The number of ether oxygens (including phenoxy) is 2. The lowest BCUT2D eigenvalue weighted by Crippen LogP contribution is -2.51. The van der Waals surface area contributed by atoms with E-state index in [1.165, 1.54) is 19.1 Å². The van der Waals surface area contributed by atoms with Gasteiger partial charge in [0.2, 0.25) is 11.9 Å². The van der Waals surface area contributed by atoms with Gasteiger partial charge in [0.1, 0.15) is 23.1 Å². The number of carbonyl (C=O) groups excluding carboxylic acids is 3. The number of rotatable bonds is 6. The van der Waals surface area contributed by atoms with Crippen molar-refractivity contribution in [3.05, 3.63) is 40.4 Å². The maximum absolute atomic E-state index is 13.5. The summed E-state index contributed by atoms with van der Waals surface area (Å²) in [6, 6.07) is 0.436. The maximum Gasteiger partial charge on any atom is 0.259 e. The normalized spacial score (nSPS) is 25.0. The zero-order valence-electron chi connectivity index (χ0n) is 20.8. The zero-order chi connectivity index (χ0) is 27.0. The van der Waals surface area contributed by atoms with Gasteiger partial charge >= 0.3 is 0 Å². The predicted octanol–water partition coefficient (Wildman–Crippen LogP) is 2.63. The Morgan fingerprint density at radius 2 is 1.78 bits per heavy atom. The quantitative estimate of drug-likeness (QED) is 0.528. The van der Waals surface area contributed by atoms with E-state index >= 15 is 0 Å². The summed E-state index contributed by atoms with van der Waals surface area (Å²) < 4.78 is 10.7. The monoisotopic (exact) mass is 547 g/mol. The first-order valence-corrected chi connectivity index (χ1v) is 12.3. The molecule has 12 heteroatoms. The zero-order valence-corrected chi connectivity index (χ0v) is 22.3. The molecule has 0 radical (unpaired) electrons. The van der Waals surface area contributed by atoms with Gasteiger partial charge in [-0.3, -0.25) is 19.3 Å². The van der Waals surface area contributed by atoms with E-state index in [4.69, 9.17) is 32.7 Å². The van der Waals surface area contributed by atoms with Crippen molar-refractivity contribution in [2.45, 2.75) is 37.9 Å². The fourth-order valence-corrected chi connectivity index (χ4v) is 5.40. The van der Waals surface area contributed by atoms with E-state index in [0.717, 1.165) is 6.08 Å². The molecule has 2 N–H and O–H groups in total. The van der Waals surface area contributed by atoms with Crippen LogP contribution in [0, 0.1) is 5.92 Å². The molecule has 1 aliphatic carbocycles. The summed E-state index contributed by atoms with van der Waals surface area (Å²) in [6.07, 6.45) is 3.34. The summed E-state index contributed by atoms with van der Waals surface area (Å²) in [4.78, 5) is 48.1. The minimum Gasteiger partial charge on any atom is -0.495 e. The minimum atomic E-state index is -0.418. The van der Waals surface area contributed by atoms with Gasteiger partial charge in [-0.2, -0.15) is 4.99 Å². The van der Waals surface area contributed by atoms with Crippen molar-refractivity contribution in [2.75, 3.05) is 21.3 Å². The van der Waals surface area contributed by atoms with Gasteiger partial charge in [-0.25, -0.2) is 4.99 Å². The summed E-state index contributed by atoms with van der Waals surface area (Å²) in [5, 5.41) is 6.33. The molecule has 2 amide bonds. The molecule has 0 bridgehead atoms. The first kappa shape index (κ1) is 26.7. The maximum atomic E-state index is 13.5. The van der Waals surface area contributed by atoms with Crippen LogP contribution >= 0.6 is 23.2 Å². The van der Waals surface area contributed by atoms with Crippen LogP contribution in [0.4, 0.5) is 0 Å². The van der Waals surface area contributed by atoms with Gasteiger partial charge in [0, 0.05) is 37.1 Å². The number of amidine groups is 1. The molecule has 1 aromatic rings. The van der Waals surface area contributed by atoms with E-state index in [0.29, 0.717) is 22.9 Å². The molecule has 37 heavy (non-hydrogen) atoms. The van der Waals surface area contributed by atoms with E-state index in [1.807, 2.05) is 6.92 Å². The number of amides is 2. The van der Waals surface area contributed by atoms with Gasteiger partial charge < -0.3 is 20.1 Å². The van der Waals surface area contributed by atoms with Crippen molar-refractivity contribution in [2.24, 2.45) is 15.9 Å². The van der Waals surface area contributed by atoms with Crippen LogP contribution in [0.2, 0.25) is 10.0 Å². The number of benzene rings is 1. The number of halogens is 2. The topological polar surface area (TPSA) is 122 Å². The van der Waals surface area contributed by atoms with Crippen LogP contribution in [-0.2, 0) is 14.4 Å². The van der Waals surface area contributed by atoms with Crippen LogP contribution in [0.25, 0.3) is 5.57 Å². The van der Waals surface area contributed by atoms with Crippen molar-refractivity contribution >= 4 is 58.2 Å². The Bertz CT molecular complexity index is 1250. The molecule has 1 saturated carbocycles. The van der Waals surface area contributed by atoms with E-state index in [-0.39, 0.29) is 70.0 Å². The van der Waals surface area contributed by atoms with Gasteiger partial charge in [-0.05, 0) is 13.0 Å². The number of ketones is 1. The molecule has 0 spiro atoms. The number of likely N-dealkylation sites (N-methyl/N-ethyl adjacent to an activating group) is 1. The predicted molar refractivity (Wildman–Crippen MR) is 141 cm³/mol. The third-order valence-electron chi connectivity index (χ3n) is 6.64. The lowest BCUT2D eigenvalue weighted by molar-refractivity contribution is -0.121. The third-order valence-corrected chi connectivity index (χ3v) is 7.39. The molecule has 196 valence electrons. The lowest BCUT2D eigenvalue weighted by Gasteiger charge is -2.36. The highest BCUT2D eigenvalue weighted by molar-refractivity contribution is 6.43. The van der Waals surface area contributed by atoms with Gasteiger partial charge in [0.05, 0.1) is 48.3 Å². The number of hydrogen-bond acceptors (Lipinski definition) is 8. The Kier molecular flexibility index (Phi) is 7.61. The largest absolute Gasteiger partial charge is 0.495 e. The highest BCUT2D eigenvalue weighted by Gasteiger charge is 2.40. The van der Waals surface area contributed by atoms with Crippen molar-refractivity contribution in [3.63, 3.8) is 0 Å². The number of guanidine groups is 1. The standard InChI is InChI=1S/C25H27Cl2N5O5/c1-6-19(34)29-15-7-12(33)8-16(15)30-25-28-11(2)13-9-14(24(35)32(3)23(13)31-25)20-21(26)17(36-4)10-18(37-5)22(20)27/h6,9-11,13,15-16H,1,7-8H2,2-5H3,(H,28,30)(H,29,34). The number of carbonyl (C=O) groups is 3. The van der Waals surface area contributed by atoms with Crippen molar-refractivity contribution < 1.29 is 23.9 Å². The number of nitrogens with zero attached hydrogens (tertiary/aromatic N) is 3. The molecule has 0 aromatic heterocycles. The smallest absolute Gasteiger partial charge is 0.259 e. The van der Waals surface area contributed by atoms with E-state index in [2.05, 4.69) is 27.2 Å². The highest BCUT2D eigenvalue weighted by Crippen LogP contribution is 2.45. The van der Waals surface area contributed by atoms with Crippen LogP contribution in [0.3, 0.4) is 0 Å². The molecule has 2 heterocycles. The number of aliphatic imine (C=N–C) groups is 2. The van der Waals surface area contributed by atoms with Gasteiger partial charge in [0.25, 0.3) is 5.91 Å². The molecule has 10 nitrogen and oxygen atoms in total. The fourth-order valence-electron chi connectivity index (χ4n) is 4.70.